The van der Waals surface area contributed by atoms with E-state index in [9.17, 15) is 0 Å². The minimum Gasteiger partial charge on any atom is -0.381 e. The van der Waals surface area contributed by atoms with Crippen LogP contribution in [0.4, 0.5) is 0 Å². The van der Waals surface area contributed by atoms with Crippen molar-refractivity contribution in [2.45, 2.75) is 64.3 Å². The normalized spacial score (nSPS) is 25.2. The van der Waals surface area contributed by atoms with E-state index in [1.807, 2.05) is 0 Å². The first-order valence-electron chi connectivity index (χ1n) is 7.71. The van der Waals surface area contributed by atoms with Gasteiger partial charge in [0.05, 0.1) is 0 Å². The fourth-order valence-corrected chi connectivity index (χ4v) is 3.58. The lowest BCUT2D eigenvalue weighted by Gasteiger charge is -2.28. The molecule has 2 heteroatoms. The first kappa shape index (κ1) is 13.4. The SMILES string of the molecule is CCNC(CCC1CCOCC1)C1CCCC1. The Bertz CT molecular complexity index is 195. The molecule has 0 aromatic carbocycles. The zero-order valence-electron chi connectivity index (χ0n) is 11.4. The molecule has 0 aromatic rings. The fourth-order valence-electron chi connectivity index (χ4n) is 3.58. The molecule has 1 atom stereocenters. The van der Waals surface area contributed by atoms with Gasteiger partial charge in [-0.25, -0.2) is 0 Å². The molecule has 0 aromatic heterocycles. The van der Waals surface area contributed by atoms with Crippen molar-refractivity contribution in [3.63, 3.8) is 0 Å². The summed E-state index contributed by atoms with van der Waals surface area (Å²) < 4.78 is 5.44. The monoisotopic (exact) mass is 239 g/mol. The van der Waals surface area contributed by atoms with E-state index in [1.165, 1.54) is 51.4 Å². The maximum Gasteiger partial charge on any atom is 0.0468 e. The third kappa shape index (κ3) is 4.26. The molecule has 1 unspecified atom stereocenters. The molecule has 1 aliphatic carbocycles. The predicted octanol–water partition coefficient (Wildman–Crippen LogP) is 3.36. The van der Waals surface area contributed by atoms with Crippen LogP contribution in [0, 0.1) is 11.8 Å². The fraction of sp³-hybridized carbons (Fsp3) is 1.00. The molecule has 2 aliphatic rings. The van der Waals surface area contributed by atoms with Crippen LogP contribution in [0.1, 0.15) is 58.3 Å². The van der Waals surface area contributed by atoms with Crippen LogP contribution in [0.2, 0.25) is 0 Å². The highest BCUT2D eigenvalue weighted by molar-refractivity contribution is 4.81. The molecule has 1 aliphatic heterocycles. The number of ether oxygens (including phenoxy) is 1. The van der Waals surface area contributed by atoms with Gasteiger partial charge in [0, 0.05) is 19.3 Å². The second-order valence-corrected chi connectivity index (χ2v) is 5.84. The Morgan fingerprint density at radius 1 is 1.12 bits per heavy atom. The summed E-state index contributed by atoms with van der Waals surface area (Å²) in [6.45, 7) is 5.38. The summed E-state index contributed by atoms with van der Waals surface area (Å²) in [5.74, 6) is 1.90. The second-order valence-electron chi connectivity index (χ2n) is 5.84. The van der Waals surface area contributed by atoms with Gasteiger partial charge in [-0.15, -0.1) is 0 Å². The molecule has 1 saturated heterocycles. The molecular weight excluding hydrogens is 210 g/mol. The maximum absolute atomic E-state index is 5.44. The Morgan fingerprint density at radius 2 is 1.82 bits per heavy atom. The number of hydrogen-bond donors (Lipinski definition) is 1. The molecule has 1 saturated carbocycles. The molecule has 0 radical (unpaired) electrons. The minimum absolute atomic E-state index is 0.797. The largest absolute Gasteiger partial charge is 0.381 e. The summed E-state index contributed by atoms with van der Waals surface area (Å²) in [7, 11) is 0. The van der Waals surface area contributed by atoms with Gasteiger partial charge >= 0.3 is 0 Å². The highest BCUT2D eigenvalue weighted by atomic mass is 16.5. The van der Waals surface area contributed by atoms with Gasteiger partial charge in [-0.05, 0) is 56.9 Å². The lowest BCUT2D eigenvalue weighted by atomic mass is 9.88. The first-order valence-corrected chi connectivity index (χ1v) is 7.71. The average molecular weight is 239 g/mol. The molecule has 0 bridgehead atoms. The Hall–Kier alpha value is -0.0800. The van der Waals surface area contributed by atoms with Crippen LogP contribution >= 0.6 is 0 Å². The molecular formula is C15H29NO. The zero-order chi connectivity index (χ0) is 11.9. The van der Waals surface area contributed by atoms with Crippen molar-refractivity contribution >= 4 is 0 Å². The molecule has 2 fully saturated rings. The quantitative estimate of drug-likeness (QED) is 0.767. The maximum atomic E-state index is 5.44. The predicted molar refractivity (Wildman–Crippen MR) is 72.2 cm³/mol. The lowest BCUT2D eigenvalue weighted by molar-refractivity contribution is 0.0617. The number of nitrogens with one attached hydrogen (secondary N) is 1. The van der Waals surface area contributed by atoms with E-state index in [1.54, 1.807) is 0 Å². The Morgan fingerprint density at radius 3 is 2.47 bits per heavy atom. The Balaban J connectivity index is 1.72. The van der Waals surface area contributed by atoms with E-state index in [0.717, 1.165) is 37.6 Å². The van der Waals surface area contributed by atoms with E-state index >= 15 is 0 Å². The topological polar surface area (TPSA) is 21.3 Å². The molecule has 1 N–H and O–H groups in total. The average Bonchev–Trinajstić information content (AvgIpc) is 2.89. The van der Waals surface area contributed by atoms with E-state index in [4.69, 9.17) is 4.74 Å². The van der Waals surface area contributed by atoms with Gasteiger partial charge in [-0.2, -0.15) is 0 Å². The van der Waals surface area contributed by atoms with Crippen LogP contribution in [-0.4, -0.2) is 25.8 Å². The molecule has 2 rings (SSSR count). The van der Waals surface area contributed by atoms with Gasteiger partial charge in [0.25, 0.3) is 0 Å². The highest BCUT2D eigenvalue weighted by Gasteiger charge is 2.25. The van der Waals surface area contributed by atoms with Crippen molar-refractivity contribution in [2.24, 2.45) is 11.8 Å². The third-order valence-corrected chi connectivity index (χ3v) is 4.66. The van der Waals surface area contributed by atoms with E-state index in [-0.39, 0.29) is 0 Å². The number of rotatable bonds is 6. The van der Waals surface area contributed by atoms with Gasteiger partial charge in [0.15, 0.2) is 0 Å². The molecule has 2 nitrogen and oxygen atoms in total. The van der Waals surface area contributed by atoms with Crippen LogP contribution in [0.25, 0.3) is 0 Å². The van der Waals surface area contributed by atoms with Crippen LogP contribution < -0.4 is 5.32 Å². The summed E-state index contributed by atoms with van der Waals surface area (Å²) >= 11 is 0. The second kappa shape index (κ2) is 7.38. The van der Waals surface area contributed by atoms with Crippen LogP contribution in [0.5, 0.6) is 0 Å². The smallest absolute Gasteiger partial charge is 0.0468 e. The molecule has 0 amide bonds. The van der Waals surface area contributed by atoms with Crippen molar-refractivity contribution in [1.82, 2.24) is 5.32 Å². The Kier molecular flexibility index (Phi) is 5.79. The van der Waals surface area contributed by atoms with Gasteiger partial charge in [-0.3, -0.25) is 0 Å². The van der Waals surface area contributed by atoms with Crippen LogP contribution in [0.3, 0.4) is 0 Å². The molecule has 0 spiro atoms. The summed E-state index contributed by atoms with van der Waals surface area (Å²) in [5.41, 5.74) is 0. The van der Waals surface area contributed by atoms with E-state index in [0.29, 0.717) is 0 Å². The summed E-state index contributed by atoms with van der Waals surface area (Å²) in [6, 6.07) is 0.797. The van der Waals surface area contributed by atoms with Gasteiger partial charge in [-0.1, -0.05) is 19.8 Å². The lowest BCUT2D eigenvalue weighted by Crippen LogP contribution is -2.35. The van der Waals surface area contributed by atoms with Crippen molar-refractivity contribution < 1.29 is 4.74 Å². The van der Waals surface area contributed by atoms with Crippen molar-refractivity contribution in [3.05, 3.63) is 0 Å². The van der Waals surface area contributed by atoms with Gasteiger partial charge in [0.2, 0.25) is 0 Å². The summed E-state index contributed by atoms with van der Waals surface area (Å²) in [6.07, 6.45) is 11.2. The van der Waals surface area contributed by atoms with Gasteiger partial charge < -0.3 is 10.1 Å². The van der Waals surface area contributed by atoms with E-state index < -0.39 is 0 Å². The molecule has 17 heavy (non-hydrogen) atoms. The summed E-state index contributed by atoms with van der Waals surface area (Å²) in [5, 5.41) is 3.73. The minimum atomic E-state index is 0.797. The summed E-state index contributed by atoms with van der Waals surface area (Å²) in [4.78, 5) is 0. The first-order chi connectivity index (χ1) is 8.40. The van der Waals surface area contributed by atoms with E-state index in [2.05, 4.69) is 12.2 Å². The highest BCUT2D eigenvalue weighted by Crippen LogP contribution is 2.31. The number of hydrogen-bond acceptors (Lipinski definition) is 2. The van der Waals surface area contributed by atoms with Gasteiger partial charge in [0.1, 0.15) is 0 Å². The standard InChI is InChI=1S/C15H29NO/c1-2-16-15(14-5-3-4-6-14)8-7-13-9-11-17-12-10-13/h13-16H,2-12H2,1H3. The van der Waals surface area contributed by atoms with Crippen LogP contribution in [0.15, 0.2) is 0 Å². The zero-order valence-corrected chi connectivity index (χ0v) is 11.4. The third-order valence-electron chi connectivity index (χ3n) is 4.66. The van der Waals surface area contributed by atoms with Crippen molar-refractivity contribution in [3.8, 4) is 0 Å². The molecule has 100 valence electrons. The molecule has 1 heterocycles. The van der Waals surface area contributed by atoms with Crippen molar-refractivity contribution in [2.75, 3.05) is 19.8 Å². The van der Waals surface area contributed by atoms with Crippen LogP contribution in [-0.2, 0) is 4.74 Å². The van der Waals surface area contributed by atoms with Crippen molar-refractivity contribution in [1.29, 1.82) is 0 Å². The Labute approximate surface area is 107 Å².